The number of nitrogens with one attached hydrogen (secondary N) is 1. The van der Waals surface area contributed by atoms with Crippen molar-refractivity contribution in [1.29, 1.82) is 0 Å². The van der Waals surface area contributed by atoms with Gasteiger partial charge in [0.2, 0.25) is 0 Å². The molecule has 1 aromatic carbocycles. The van der Waals surface area contributed by atoms with Gasteiger partial charge >= 0.3 is 0 Å². The van der Waals surface area contributed by atoms with Crippen LogP contribution in [0.2, 0.25) is 0 Å². The number of thiophene rings is 1. The number of quaternary nitrogens is 1. The van der Waals surface area contributed by atoms with E-state index in [0.29, 0.717) is 6.42 Å². The maximum atomic E-state index is 12.4. The zero-order valence-corrected chi connectivity index (χ0v) is 15.8. The van der Waals surface area contributed by atoms with Gasteiger partial charge in [0, 0.05) is 5.56 Å². The number of nitrogens with two attached hydrogens (primary N) is 1. The normalized spacial score (nSPS) is 23.2. The fourth-order valence-electron chi connectivity index (χ4n) is 3.27. The minimum Gasteiger partial charge on any atom is -0.345 e. The summed E-state index contributed by atoms with van der Waals surface area (Å²) in [6.07, 6.45) is 0.480. The molecule has 0 aliphatic carbocycles. The van der Waals surface area contributed by atoms with Crippen molar-refractivity contribution >= 4 is 27.1 Å². The molecule has 134 valence electrons. The molecule has 2 atom stereocenters. The van der Waals surface area contributed by atoms with E-state index < -0.39 is 15.4 Å². The van der Waals surface area contributed by atoms with Crippen LogP contribution in [-0.4, -0.2) is 37.9 Å². The van der Waals surface area contributed by atoms with Gasteiger partial charge in [-0.3, -0.25) is 4.79 Å². The number of carbonyl (C=O) groups excluding carboxylic acids is 1. The number of amides is 1. The Morgan fingerprint density at radius 3 is 2.64 bits per heavy atom. The van der Waals surface area contributed by atoms with E-state index >= 15 is 0 Å². The van der Waals surface area contributed by atoms with Gasteiger partial charge in [-0.1, -0.05) is 36.4 Å². The first-order valence-electron chi connectivity index (χ1n) is 8.30. The van der Waals surface area contributed by atoms with E-state index in [2.05, 4.69) is 23.5 Å². The van der Waals surface area contributed by atoms with E-state index in [1.165, 1.54) is 4.88 Å². The third-order valence-corrected chi connectivity index (χ3v) is 7.35. The third-order valence-electron chi connectivity index (χ3n) is 4.49. The maximum Gasteiger partial charge on any atom is 0.275 e. The van der Waals surface area contributed by atoms with Crippen molar-refractivity contribution in [3.63, 3.8) is 0 Å². The molecular weight excluding hydrogens is 356 g/mol. The molecule has 0 unspecified atom stereocenters. The number of benzene rings is 1. The average Bonchev–Trinajstić information content (AvgIpc) is 3.17. The Morgan fingerprint density at radius 1 is 1.28 bits per heavy atom. The Bertz CT molecular complexity index is 819. The largest absolute Gasteiger partial charge is 0.345 e. The predicted molar refractivity (Wildman–Crippen MR) is 99.2 cm³/mol. The zero-order valence-electron chi connectivity index (χ0n) is 14.1. The Morgan fingerprint density at radius 2 is 2.04 bits per heavy atom. The topological polar surface area (TPSA) is 79.8 Å². The molecule has 1 saturated heterocycles. The lowest BCUT2D eigenvalue weighted by atomic mass is 10.0. The van der Waals surface area contributed by atoms with E-state index in [0.717, 1.165) is 5.56 Å². The van der Waals surface area contributed by atoms with Crippen molar-refractivity contribution < 1.29 is 18.5 Å². The highest BCUT2D eigenvalue weighted by Gasteiger charge is 2.39. The van der Waals surface area contributed by atoms with Gasteiger partial charge in [0.1, 0.15) is 6.04 Å². The average molecular weight is 380 g/mol. The van der Waals surface area contributed by atoms with E-state index in [4.69, 9.17) is 0 Å². The summed E-state index contributed by atoms with van der Waals surface area (Å²) in [5, 5.41) is 6.95. The Hall–Kier alpha value is -1.70. The summed E-state index contributed by atoms with van der Waals surface area (Å²) >= 11 is 1.67. The molecule has 1 fully saturated rings. The quantitative estimate of drug-likeness (QED) is 0.789. The molecular formula is C18H23N2O3S2+. The molecule has 0 radical (unpaired) electrons. The standard InChI is InChI=1S/C18H22N2O3S2/c1-18(9-11-25(22,23)13-18)20-16(21)12-19-17(15-8-5-10-24-15)14-6-3-2-4-7-14/h2-8,10,17,19H,9,11-13H2,1H3,(H,20,21)/p+1/t17-,18-/m1/s1. The van der Waals surface area contributed by atoms with Gasteiger partial charge in [0.25, 0.3) is 5.91 Å². The van der Waals surface area contributed by atoms with Crippen LogP contribution in [0.4, 0.5) is 0 Å². The van der Waals surface area contributed by atoms with Crippen LogP contribution in [0.5, 0.6) is 0 Å². The molecule has 1 aliphatic rings. The highest BCUT2D eigenvalue weighted by Crippen LogP contribution is 2.23. The van der Waals surface area contributed by atoms with Crippen LogP contribution in [0.1, 0.15) is 29.8 Å². The minimum absolute atomic E-state index is 0.0266. The molecule has 1 aromatic heterocycles. The molecule has 0 saturated carbocycles. The number of sulfone groups is 1. The first kappa shape index (κ1) is 18.1. The second kappa shape index (κ2) is 7.27. The molecule has 7 heteroatoms. The molecule has 2 aromatic rings. The van der Waals surface area contributed by atoms with Crippen LogP contribution in [0.3, 0.4) is 0 Å². The highest BCUT2D eigenvalue weighted by atomic mass is 32.2. The van der Waals surface area contributed by atoms with Crippen molar-refractivity contribution in [3.05, 3.63) is 58.3 Å². The second-order valence-electron chi connectivity index (χ2n) is 6.79. The van der Waals surface area contributed by atoms with Crippen LogP contribution >= 0.6 is 11.3 Å². The molecule has 1 aliphatic heterocycles. The molecule has 2 heterocycles. The lowest BCUT2D eigenvalue weighted by Crippen LogP contribution is -2.88. The first-order valence-corrected chi connectivity index (χ1v) is 11.0. The number of rotatable bonds is 6. The van der Waals surface area contributed by atoms with Crippen LogP contribution in [-0.2, 0) is 14.6 Å². The first-order chi connectivity index (χ1) is 11.9. The van der Waals surface area contributed by atoms with Crippen LogP contribution in [0, 0.1) is 0 Å². The number of hydrogen-bond donors (Lipinski definition) is 2. The zero-order chi connectivity index (χ0) is 17.9. The number of hydrogen-bond acceptors (Lipinski definition) is 4. The van der Waals surface area contributed by atoms with Gasteiger partial charge in [-0.15, -0.1) is 11.3 Å². The summed E-state index contributed by atoms with van der Waals surface area (Å²) < 4.78 is 23.4. The minimum atomic E-state index is -3.03. The van der Waals surface area contributed by atoms with E-state index in [9.17, 15) is 13.2 Å². The van der Waals surface area contributed by atoms with Crippen molar-refractivity contribution in [3.8, 4) is 0 Å². The van der Waals surface area contributed by atoms with Crippen LogP contribution < -0.4 is 10.6 Å². The number of carbonyl (C=O) groups is 1. The monoisotopic (exact) mass is 379 g/mol. The summed E-state index contributed by atoms with van der Waals surface area (Å²) in [6.45, 7) is 2.07. The molecule has 0 spiro atoms. The summed E-state index contributed by atoms with van der Waals surface area (Å²) in [5.41, 5.74) is 0.502. The van der Waals surface area contributed by atoms with E-state index in [-0.39, 0.29) is 30.0 Å². The molecule has 3 rings (SSSR count). The van der Waals surface area contributed by atoms with Gasteiger partial charge in [-0.25, -0.2) is 8.42 Å². The van der Waals surface area contributed by atoms with Gasteiger partial charge < -0.3 is 10.6 Å². The Labute approximate surface area is 152 Å². The van der Waals surface area contributed by atoms with Gasteiger partial charge in [-0.05, 0) is 24.8 Å². The molecule has 3 N–H and O–H groups in total. The summed E-state index contributed by atoms with van der Waals surface area (Å²) in [5.74, 6) is 0.0470. The lowest BCUT2D eigenvalue weighted by Gasteiger charge is -2.24. The summed E-state index contributed by atoms with van der Waals surface area (Å²) in [7, 11) is -3.03. The van der Waals surface area contributed by atoms with Gasteiger partial charge in [-0.2, -0.15) is 0 Å². The molecule has 0 bridgehead atoms. The third kappa shape index (κ3) is 4.68. The Balaban J connectivity index is 1.65. The van der Waals surface area contributed by atoms with Crippen molar-refractivity contribution in [1.82, 2.24) is 5.32 Å². The predicted octanol–water partition coefficient (Wildman–Crippen LogP) is 1.09. The van der Waals surface area contributed by atoms with Crippen LogP contribution in [0.25, 0.3) is 0 Å². The summed E-state index contributed by atoms with van der Waals surface area (Å²) in [4.78, 5) is 13.6. The van der Waals surface area contributed by atoms with E-state index in [1.807, 2.05) is 41.9 Å². The lowest BCUT2D eigenvalue weighted by molar-refractivity contribution is -0.676. The Kier molecular flexibility index (Phi) is 5.27. The SMILES string of the molecule is C[C@@]1(NC(=O)C[NH2+][C@H](c2ccccc2)c2cccs2)CCS(=O)(=O)C1. The van der Waals surface area contributed by atoms with Gasteiger partial charge in [0.05, 0.1) is 21.9 Å². The van der Waals surface area contributed by atoms with E-state index in [1.54, 1.807) is 11.3 Å². The molecule has 25 heavy (non-hydrogen) atoms. The van der Waals surface area contributed by atoms with Crippen molar-refractivity contribution in [2.45, 2.75) is 24.9 Å². The van der Waals surface area contributed by atoms with Crippen molar-refractivity contribution in [2.24, 2.45) is 0 Å². The second-order valence-corrected chi connectivity index (χ2v) is 9.96. The highest BCUT2D eigenvalue weighted by molar-refractivity contribution is 7.91. The fraction of sp³-hybridized carbons (Fsp3) is 0.389. The van der Waals surface area contributed by atoms with Gasteiger partial charge in [0.15, 0.2) is 16.4 Å². The fourth-order valence-corrected chi connectivity index (χ4v) is 6.21. The van der Waals surface area contributed by atoms with Crippen LogP contribution in [0.15, 0.2) is 47.8 Å². The molecule has 1 amide bonds. The molecule has 5 nitrogen and oxygen atoms in total. The van der Waals surface area contributed by atoms with Crippen molar-refractivity contribution in [2.75, 3.05) is 18.1 Å². The smallest absolute Gasteiger partial charge is 0.275 e. The maximum absolute atomic E-state index is 12.4. The summed E-state index contributed by atoms with van der Waals surface area (Å²) in [6, 6.07) is 14.2.